The zero-order valence-corrected chi connectivity index (χ0v) is 12.8. The number of hydrogen-bond donors (Lipinski definition) is 2. The first-order valence-corrected chi connectivity index (χ1v) is 7.43. The number of thioether (sulfide) groups is 1. The van der Waals surface area contributed by atoms with E-state index in [0.29, 0.717) is 6.61 Å². The van der Waals surface area contributed by atoms with E-state index in [1.807, 2.05) is 31.2 Å². The van der Waals surface area contributed by atoms with E-state index < -0.39 is 18.6 Å². The molecule has 0 saturated heterocycles. The molecule has 21 heavy (non-hydrogen) atoms. The molecule has 0 saturated carbocycles. The molecule has 1 rings (SSSR count). The van der Waals surface area contributed by atoms with Gasteiger partial charge in [-0.15, -0.1) is 11.8 Å². The second kappa shape index (κ2) is 9.25. The van der Waals surface area contributed by atoms with E-state index in [0.717, 1.165) is 10.6 Å². The Hall–Kier alpha value is -1.73. The summed E-state index contributed by atoms with van der Waals surface area (Å²) in [5.41, 5.74) is 0. The zero-order valence-electron chi connectivity index (χ0n) is 12.0. The van der Waals surface area contributed by atoms with E-state index in [9.17, 15) is 9.59 Å². The maximum Gasteiger partial charge on any atom is 0.330 e. The Morgan fingerprint density at radius 2 is 2.00 bits per heavy atom. The summed E-state index contributed by atoms with van der Waals surface area (Å²) in [4.78, 5) is 23.8. The van der Waals surface area contributed by atoms with E-state index in [1.165, 1.54) is 18.9 Å². The molecule has 0 spiro atoms. The van der Waals surface area contributed by atoms with Crippen LogP contribution in [0.3, 0.4) is 0 Å². The summed E-state index contributed by atoms with van der Waals surface area (Å²) in [5.74, 6) is -0.103. The molecular weight excluding hydrogens is 294 g/mol. The average molecular weight is 313 g/mol. The van der Waals surface area contributed by atoms with E-state index in [4.69, 9.17) is 9.84 Å². The molecule has 0 radical (unpaired) electrons. The number of methoxy groups -OCH3 is 1. The van der Waals surface area contributed by atoms with Gasteiger partial charge in [0.2, 0.25) is 5.91 Å². The SMILES string of the molecule is CCOc1ccc(SCC(=O)N[C@@H](CO)C(=O)OC)cc1. The van der Waals surface area contributed by atoms with Crippen LogP contribution in [0.25, 0.3) is 0 Å². The highest BCUT2D eigenvalue weighted by atomic mass is 32.2. The number of nitrogens with one attached hydrogen (secondary N) is 1. The van der Waals surface area contributed by atoms with Gasteiger partial charge in [-0.2, -0.15) is 0 Å². The van der Waals surface area contributed by atoms with Crippen molar-refractivity contribution in [1.29, 1.82) is 0 Å². The van der Waals surface area contributed by atoms with Gasteiger partial charge >= 0.3 is 5.97 Å². The Kier molecular flexibility index (Phi) is 7.63. The molecule has 1 amide bonds. The van der Waals surface area contributed by atoms with Gasteiger partial charge in [0, 0.05) is 4.90 Å². The molecule has 116 valence electrons. The maximum atomic E-state index is 11.7. The van der Waals surface area contributed by atoms with Crippen molar-refractivity contribution in [2.75, 3.05) is 26.1 Å². The van der Waals surface area contributed by atoms with Crippen molar-refractivity contribution in [3.8, 4) is 5.75 Å². The molecule has 6 nitrogen and oxygen atoms in total. The van der Waals surface area contributed by atoms with Crippen LogP contribution in [0.15, 0.2) is 29.2 Å². The summed E-state index contributed by atoms with van der Waals surface area (Å²) in [7, 11) is 1.20. The Bertz CT molecular complexity index is 463. The average Bonchev–Trinajstić information content (AvgIpc) is 2.51. The Labute approximate surface area is 127 Å². The molecule has 0 heterocycles. The molecule has 0 aliphatic heterocycles. The van der Waals surface area contributed by atoms with Crippen LogP contribution in [0.2, 0.25) is 0 Å². The van der Waals surface area contributed by atoms with E-state index in [-0.39, 0.29) is 11.7 Å². The number of benzene rings is 1. The quantitative estimate of drug-likeness (QED) is 0.546. The van der Waals surface area contributed by atoms with Crippen molar-refractivity contribution in [3.63, 3.8) is 0 Å². The number of ether oxygens (including phenoxy) is 2. The zero-order chi connectivity index (χ0) is 15.7. The Morgan fingerprint density at radius 3 is 2.52 bits per heavy atom. The number of amides is 1. The fraction of sp³-hybridized carbons (Fsp3) is 0.429. The summed E-state index contributed by atoms with van der Waals surface area (Å²) < 4.78 is 9.79. The van der Waals surface area contributed by atoms with E-state index >= 15 is 0 Å². The summed E-state index contributed by atoms with van der Waals surface area (Å²) in [6, 6.07) is 6.34. The maximum absolute atomic E-state index is 11.7. The fourth-order valence-electron chi connectivity index (χ4n) is 1.51. The highest BCUT2D eigenvalue weighted by molar-refractivity contribution is 8.00. The van der Waals surface area contributed by atoms with Crippen LogP contribution in [0.4, 0.5) is 0 Å². The van der Waals surface area contributed by atoms with Gasteiger partial charge in [0.05, 0.1) is 26.1 Å². The molecule has 0 bridgehead atoms. The number of aliphatic hydroxyl groups is 1. The van der Waals surface area contributed by atoms with Crippen LogP contribution in [-0.4, -0.2) is 49.1 Å². The minimum absolute atomic E-state index is 0.140. The lowest BCUT2D eigenvalue weighted by Gasteiger charge is -2.13. The second-order valence-corrected chi connectivity index (χ2v) is 5.07. The molecule has 0 unspecified atom stereocenters. The first-order chi connectivity index (χ1) is 10.1. The standard InChI is InChI=1S/C14H19NO5S/c1-3-20-10-4-6-11(7-5-10)21-9-13(17)15-12(8-16)14(18)19-2/h4-7,12,16H,3,8-9H2,1-2H3,(H,15,17)/t12-/m0/s1. The molecule has 7 heteroatoms. The van der Waals surface area contributed by atoms with Crippen molar-refractivity contribution in [3.05, 3.63) is 24.3 Å². The molecule has 0 fully saturated rings. The summed E-state index contributed by atoms with van der Waals surface area (Å²) >= 11 is 1.33. The molecular formula is C14H19NO5S. The summed E-state index contributed by atoms with van der Waals surface area (Å²) in [5, 5.41) is 11.4. The first-order valence-electron chi connectivity index (χ1n) is 6.44. The number of rotatable bonds is 8. The molecule has 1 aromatic carbocycles. The van der Waals surface area contributed by atoms with Gasteiger partial charge < -0.3 is 19.9 Å². The molecule has 0 aromatic heterocycles. The Balaban J connectivity index is 2.43. The molecule has 2 N–H and O–H groups in total. The second-order valence-electron chi connectivity index (χ2n) is 4.02. The van der Waals surface area contributed by atoms with Gasteiger partial charge in [-0.25, -0.2) is 4.79 Å². The smallest absolute Gasteiger partial charge is 0.330 e. The lowest BCUT2D eigenvalue weighted by molar-refractivity contribution is -0.145. The number of hydrogen-bond acceptors (Lipinski definition) is 6. The first kappa shape index (κ1) is 17.3. The van der Waals surface area contributed by atoms with Crippen molar-refractivity contribution >= 4 is 23.6 Å². The normalized spacial score (nSPS) is 11.6. The number of aliphatic hydroxyl groups excluding tert-OH is 1. The van der Waals surface area contributed by atoms with Crippen molar-refractivity contribution in [2.45, 2.75) is 17.9 Å². The van der Waals surface area contributed by atoms with Gasteiger partial charge in [-0.05, 0) is 31.2 Å². The van der Waals surface area contributed by atoms with Crippen molar-refractivity contribution in [2.24, 2.45) is 0 Å². The topological polar surface area (TPSA) is 84.9 Å². The largest absolute Gasteiger partial charge is 0.494 e. The van der Waals surface area contributed by atoms with Crippen LogP contribution in [0.5, 0.6) is 5.75 Å². The predicted octanol–water partition coefficient (Wildman–Crippen LogP) is 0.827. The lowest BCUT2D eigenvalue weighted by atomic mass is 10.3. The third-order valence-electron chi connectivity index (χ3n) is 2.51. The highest BCUT2D eigenvalue weighted by Crippen LogP contribution is 2.21. The van der Waals surface area contributed by atoms with E-state index in [2.05, 4.69) is 10.1 Å². The summed E-state index contributed by atoms with van der Waals surface area (Å²) in [6.07, 6.45) is 0. The fourth-order valence-corrected chi connectivity index (χ4v) is 2.21. The van der Waals surface area contributed by atoms with Crippen LogP contribution >= 0.6 is 11.8 Å². The van der Waals surface area contributed by atoms with Crippen molar-refractivity contribution in [1.82, 2.24) is 5.32 Å². The minimum atomic E-state index is -1.02. The molecule has 0 aliphatic carbocycles. The van der Waals surface area contributed by atoms with E-state index in [1.54, 1.807) is 0 Å². The third kappa shape index (κ3) is 6.05. The Morgan fingerprint density at radius 1 is 1.33 bits per heavy atom. The minimum Gasteiger partial charge on any atom is -0.494 e. The summed E-state index contributed by atoms with van der Waals surface area (Å²) in [6.45, 7) is 2.02. The predicted molar refractivity (Wildman–Crippen MR) is 79.4 cm³/mol. The van der Waals surface area contributed by atoms with Crippen LogP contribution in [0, 0.1) is 0 Å². The number of carbonyl (C=O) groups is 2. The molecule has 1 atom stereocenters. The van der Waals surface area contributed by atoms with Crippen molar-refractivity contribution < 1.29 is 24.2 Å². The van der Waals surface area contributed by atoms with Gasteiger partial charge in [0.25, 0.3) is 0 Å². The van der Waals surface area contributed by atoms with Gasteiger partial charge in [-0.1, -0.05) is 0 Å². The monoisotopic (exact) mass is 313 g/mol. The number of esters is 1. The van der Waals surface area contributed by atoms with Crippen LogP contribution < -0.4 is 10.1 Å². The van der Waals surface area contributed by atoms with Gasteiger partial charge in [0.1, 0.15) is 5.75 Å². The number of carbonyl (C=O) groups excluding carboxylic acids is 2. The van der Waals surface area contributed by atoms with Crippen LogP contribution in [0.1, 0.15) is 6.92 Å². The molecule has 0 aliphatic rings. The van der Waals surface area contributed by atoms with Gasteiger partial charge in [-0.3, -0.25) is 4.79 Å². The van der Waals surface area contributed by atoms with Crippen LogP contribution in [-0.2, 0) is 14.3 Å². The third-order valence-corrected chi connectivity index (χ3v) is 3.52. The molecule has 1 aromatic rings. The highest BCUT2D eigenvalue weighted by Gasteiger charge is 2.20. The lowest BCUT2D eigenvalue weighted by Crippen LogP contribution is -2.44. The van der Waals surface area contributed by atoms with Gasteiger partial charge in [0.15, 0.2) is 6.04 Å².